The Kier molecular flexibility index (Phi) is 5.33. The van der Waals surface area contributed by atoms with Gasteiger partial charge >= 0.3 is 5.97 Å². The van der Waals surface area contributed by atoms with E-state index in [4.69, 9.17) is 5.11 Å². The Morgan fingerprint density at radius 1 is 1.20 bits per heavy atom. The molecule has 0 rings (SSSR count). The molecule has 0 spiro atoms. The van der Waals surface area contributed by atoms with Crippen molar-refractivity contribution >= 4 is 11.9 Å². The predicted octanol–water partition coefficient (Wildman–Crippen LogP) is 1.75. The van der Waals surface area contributed by atoms with E-state index in [0.29, 0.717) is 19.4 Å². The van der Waals surface area contributed by atoms with Crippen molar-refractivity contribution in [2.75, 3.05) is 13.6 Å². The van der Waals surface area contributed by atoms with Gasteiger partial charge in [-0.3, -0.25) is 9.59 Å². The van der Waals surface area contributed by atoms with Crippen molar-refractivity contribution in [1.82, 2.24) is 4.90 Å². The molecule has 88 valence electrons. The molecule has 0 aromatic heterocycles. The average Bonchev–Trinajstić information content (AvgIpc) is 1.99. The van der Waals surface area contributed by atoms with Crippen LogP contribution in [0.15, 0.2) is 0 Å². The first-order valence-corrected chi connectivity index (χ1v) is 5.18. The van der Waals surface area contributed by atoms with E-state index >= 15 is 0 Å². The molecule has 1 amide bonds. The van der Waals surface area contributed by atoms with E-state index in [1.807, 2.05) is 0 Å². The lowest BCUT2D eigenvalue weighted by atomic mass is 9.96. The van der Waals surface area contributed by atoms with Gasteiger partial charge in [-0.1, -0.05) is 20.8 Å². The highest BCUT2D eigenvalue weighted by molar-refractivity contribution is 5.76. The van der Waals surface area contributed by atoms with Crippen molar-refractivity contribution in [3.63, 3.8) is 0 Å². The summed E-state index contributed by atoms with van der Waals surface area (Å²) in [6, 6.07) is 0. The smallest absolute Gasteiger partial charge is 0.303 e. The van der Waals surface area contributed by atoms with Gasteiger partial charge in [-0.25, -0.2) is 0 Å². The molecule has 4 nitrogen and oxygen atoms in total. The van der Waals surface area contributed by atoms with Crippen molar-refractivity contribution in [2.24, 2.45) is 5.41 Å². The Morgan fingerprint density at radius 3 is 2.13 bits per heavy atom. The SMILES string of the molecule is CN(CC(C)(C)C)C(=O)CCCC(=O)O. The van der Waals surface area contributed by atoms with Crippen LogP contribution < -0.4 is 0 Å². The topological polar surface area (TPSA) is 57.6 Å². The number of hydrogen-bond acceptors (Lipinski definition) is 2. The molecule has 0 bridgehead atoms. The van der Waals surface area contributed by atoms with E-state index in [-0.39, 0.29) is 17.7 Å². The van der Waals surface area contributed by atoms with Gasteiger partial charge in [0.05, 0.1) is 0 Å². The second-order valence-corrected chi connectivity index (χ2v) is 5.06. The molecule has 0 aliphatic heterocycles. The van der Waals surface area contributed by atoms with Crippen molar-refractivity contribution in [3.05, 3.63) is 0 Å². The number of carbonyl (C=O) groups is 2. The molecule has 1 N–H and O–H groups in total. The fourth-order valence-electron chi connectivity index (χ4n) is 1.38. The number of amides is 1. The van der Waals surface area contributed by atoms with Crippen LogP contribution >= 0.6 is 0 Å². The molecule has 0 unspecified atom stereocenters. The Labute approximate surface area is 91.3 Å². The quantitative estimate of drug-likeness (QED) is 0.760. The summed E-state index contributed by atoms with van der Waals surface area (Å²) in [4.78, 5) is 23.5. The summed E-state index contributed by atoms with van der Waals surface area (Å²) in [6.45, 7) is 6.88. The lowest BCUT2D eigenvalue weighted by Crippen LogP contribution is -2.34. The molecule has 0 saturated carbocycles. The molecule has 0 aromatic rings. The van der Waals surface area contributed by atoms with Gasteiger partial charge in [0.2, 0.25) is 5.91 Å². The molecule has 0 radical (unpaired) electrons. The van der Waals surface area contributed by atoms with Crippen molar-refractivity contribution in [2.45, 2.75) is 40.0 Å². The molecule has 15 heavy (non-hydrogen) atoms. The number of nitrogens with zero attached hydrogens (tertiary/aromatic N) is 1. The fourth-order valence-corrected chi connectivity index (χ4v) is 1.38. The van der Waals surface area contributed by atoms with E-state index in [1.54, 1.807) is 11.9 Å². The molecule has 0 saturated heterocycles. The second kappa shape index (κ2) is 5.73. The van der Waals surface area contributed by atoms with Crippen LogP contribution in [-0.2, 0) is 9.59 Å². The van der Waals surface area contributed by atoms with Crippen LogP contribution in [0, 0.1) is 5.41 Å². The number of hydrogen-bond donors (Lipinski definition) is 1. The molecule has 0 heterocycles. The highest BCUT2D eigenvalue weighted by Crippen LogP contribution is 2.15. The van der Waals surface area contributed by atoms with Gasteiger partial charge in [0.15, 0.2) is 0 Å². The van der Waals surface area contributed by atoms with Gasteiger partial charge in [0, 0.05) is 26.4 Å². The van der Waals surface area contributed by atoms with Crippen LogP contribution in [0.3, 0.4) is 0 Å². The van der Waals surface area contributed by atoms with Crippen LogP contribution in [0.25, 0.3) is 0 Å². The normalized spacial score (nSPS) is 11.2. The molecule has 0 atom stereocenters. The van der Waals surface area contributed by atoms with E-state index in [9.17, 15) is 9.59 Å². The summed E-state index contributed by atoms with van der Waals surface area (Å²) in [5, 5.41) is 8.43. The van der Waals surface area contributed by atoms with Crippen LogP contribution in [-0.4, -0.2) is 35.5 Å². The first-order chi connectivity index (χ1) is 6.72. The molecule has 4 heteroatoms. The van der Waals surface area contributed by atoms with Crippen molar-refractivity contribution in [1.29, 1.82) is 0 Å². The van der Waals surface area contributed by atoms with Gasteiger partial charge < -0.3 is 10.0 Å². The zero-order chi connectivity index (χ0) is 12.1. The number of carboxylic acids is 1. The summed E-state index contributed by atoms with van der Waals surface area (Å²) in [5.41, 5.74) is 0.0806. The minimum absolute atomic E-state index is 0.0196. The molecular weight excluding hydrogens is 194 g/mol. The maximum Gasteiger partial charge on any atom is 0.303 e. The highest BCUT2D eigenvalue weighted by Gasteiger charge is 2.17. The molecule has 0 aliphatic carbocycles. The Bertz CT molecular complexity index is 230. The van der Waals surface area contributed by atoms with Gasteiger partial charge in [-0.2, -0.15) is 0 Å². The molecule has 0 aliphatic rings. The zero-order valence-corrected chi connectivity index (χ0v) is 10.0. The van der Waals surface area contributed by atoms with Crippen LogP contribution in [0.1, 0.15) is 40.0 Å². The Balaban J connectivity index is 3.85. The lowest BCUT2D eigenvalue weighted by Gasteiger charge is -2.26. The summed E-state index contributed by atoms with van der Waals surface area (Å²) in [7, 11) is 1.76. The largest absolute Gasteiger partial charge is 0.481 e. The number of carbonyl (C=O) groups excluding carboxylic acids is 1. The first kappa shape index (κ1) is 13.9. The van der Waals surface area contributed by atoms with Crippen molar-refractivity contribution < 1.29 is 14.7 Å². The minimum Gasteiger partial charge on any atom is -0.481 e. The lowest BCUT2D eigenvalue weighted by molar-refractivity contribution is -0.137. The summed E-state index contributed by atoms with van der Waals surface area (Å²) >= 11 is 0. The molecule has 0 aromatic carbocycles. The summed E-state index contributed by atoms with van der Waals surface area (Å²) < 4.78 is 0. The minimum atomic E-state index is -0.846. The fraction of sp³-hybridized carbons (Fsp3) is 0.818. The number of rotatable bonds is 5. The summed E-state index contributed by atoms with van der Waals surface area (Å²) in [5.74, 6) is -0.826. The van der Waals surface area contributed by atoms with Gasteiger partial charge in [-0.05, 0) is 11.8 Å². The average molecular weight is 215 g/mol. The van der Waals surface area contributed by atoms with Gasteiger partial charge in [0.1, 0.15) is 0 Å². The maximum atomic E-state index is 11.5. The second-order valence-electron chi connectivity index (χ2n) is 5.06. The third-order valence-corrected chi connectivity index (χ3v) is 1.92. The van der Waals surface area contributed by atoms with E-state index in [1.165, 1.54) is 0 Å². The number of carboxylic acid groups (broad SMARTS) is 1. The third-order valence-electron chi connectivity index (χ3n) is 1.92. The standard InChI is InChI=1S/C11H21NO3/c1-11(2,3)8-12(4)9(13)6-5-7-10(14)15/h5-8H2,1-4H3,(H,14,15). The Morgan fingerprint density at radius 2 is 1.73 bits per heavy atom. The third kappa shape index (κ3) is 7.97. The molecular formula is C11H21NO3. The van der Waals surface area contributed by atoms with Crippen LogP contribution in [0.5, 0.6) is 0 Å². The van der Waals surface area contributed by atoms with E-state index in [2.05, 4.69) is 20.8 Å². The molecule has 0 fully saturated rings. The summed E-state index contributed by atoms with van der Waals surface area (Å²) in [6.07, 6.45) is 0.802. The predicted molar refractivity (Wildman–Crippen MR) is 58.6 cm³/mol. The van der Waals surface area contributed by atoms with Crippen LogP contribution in [0.2, 0.25) is 0 Å². The van der Waals surface area contributed by atoms with Crippen molar-refractivity contribution in [3.8, 4) is 0 Å². The maximum absolute atomic E-state index is 11.5. The van der Waals surface area contributed by atoms with Crippen LogP contribution in [0.4, 0.5) is 0 Å². The van der Waals surface area contributed by atoms with Gasteiger partial charge in [-0.15, -0.1) is 0 Å². The monoisotopic (exact) mass is 215 g/mol. The van der Waals surface area contributed by atoms with E-state index < -0.39 is 5.97 Å². The Hall–Kier alpha value is -1.06. The zero-order valence-electron chi connectivity index (χ0n) is 10.0. The highest BCUT2D eigenvalue weighted by atomic mass is 16.4. The van der Waals surface area contributed by atoms with Gasteiger partial charge in [0.25, 0.3) is 0 Å². The first-order valence-electron chi connectivity index (χ1n) is 5.18. The number of aliphatic carboxylic acids is 1. The van der Waals surface area contributed by atoms with E-state index in [0.717, 1.165) is 0 Å².